The van der Waals surface area contributed by atoms with Crippen molar-refractivity contribution in [3.05, 3.63) is 0 Å². The highest BCUT2D eigenvalue weighted by molar-refractivity contribution is 5.81. The van der Waals surface area contributed by atoms with Crippen molar-refractivity contribution in [2.75, 3.05) is 20.1 Å². The molecule has 3 nitrogen and oxygen atoms in total. The molecule has 3 heteroatoms. The number of carbonyl (C=O) groups excluding carboxylic acids is 1. The van der Waals surface area contributed by atoms with Crippen LogP contribution in [0.5, 0.6) is 0 Å². The van der Waals surface area contributed by atoms with Gasteiger partial charge in [-0.2, -0.15) is 0 Å². The molecule has 0 aromatic rings. The first-order chi connectivity index (χ1) is 6.63. The van der Waals surface area contributed by atoms with Gasteiger partial charge in [-0.05, 0) is 33.4 Å². The van der Waals surface area contributed by atoms with E-state index in [0.717, 1.165) is 25.9 Å². The van der Waals surface area contributed by atoms with E-state index in [1.165, 1.54) is 6.42 Å². The second kappa shape index (κ2) is 7.80. The van der Waals surface area contributed by atoms with Crippen LogP contribution < -0.4 is 5.32 Å². The minimum absolute atomic E-state index is 0.00639. The Morgan fingerprint density at radius 1 is 1.36 bits per heavy atom. The Morgan fingerprint density at radius 2 is 2.00 bits per heavy atom. The van der Waals surface area contributed by atoms with Crippen LogP contribution in [0.25, 0.3) is 0 Å². The summed E-state index contributed by atoms with van der Waals surface area (Å²) in [5.74, 6) is 0.144. The number of carbonyl (C=O) groups is 1. The maximum Gasteiger partial charge on any atom is 0.237 e. The molecule has 0 aliphatic carbocycles. The van der Waals surface area contributed by atoms with E-state index in [9.17, 15) is 4.79 Å². The highest BCUT2D eigenvalue weighted by Gasteiger charge is 2.16. The molecule has 0 saturated carbocycles. The maximum atomic E-state index is 11.6. The van der Waals surface area contributed by atoms with Gasteiger partial charge in [-0.25, -0.2) is 0 Å². The van der Waals surface area contributed by atoms with Gasteiger partial charge in [0.15, 0.2) is 0 Å². The van der Waals surface area contributed by atoms with E-state index >= 15 is 0 Å². The summed E-state index contributed by atoms with van der Waals surface area (Å²) in [4.78, 5) is 13.7. The van der Waals surface area contributed by atoms with Gasteiger partial charge >= 0.3 is 0 Å². The first kappa shape index (κ1) is 13.4. The lowest BCUT2D eigenvalue weighted by atomic mass is 10.2. The Bertz CT molecular complexity index is 159. The van der Waals surface area contributed by atoms with Crippen LogP contribution in [0.4, 0.5) is 0 Å². The number of hydrogen-bond acceptors (Lipinski definition) is 2. The minimum atomic E-state index is -0.00639. The summed E-state index contributed by atoms with van der Waals surface area (Å²) in [5, 5.41) is 2.91. The third-order valence-corrected chi connectivity index (χ3v) is 2.45. The van der Waals surface area contributed by atoms with Crippen LogP contribution >= 0.6 is 0 Å². The summed E-state index contributed by atoms with van der Waals surface area (Å²) in [5.41, 5.74) is 0. The molecule has 0 bridgehead atoms. The molecule has 0 aliphatic rings. The van der Waals surface area contributed by atoms with Crippen molar-refractivity contribution in [2.24, 2.45) is 0 Å². The molecular weight excluding hydrogens is 176 g/mol. The summed E-state index contributed by atoms with van der Waals surface area (Å²) >= 11 is 0. The molecule has 0 heterocycles. The number of likely N-dealkylation sites (N-methyl/N-ethyl adjacent to an activating group) is 1. The molecule has 1 unspecified atom stereocenters. The van der Waals surface area contributed by atoms with Crippen molar-refractivity contribution in [1.29, 1.82) is 0 Å². The zero-order chi connectivity index (χ0) is 11.0. The van der Waals surface area contributed by atoms with E-state index in [1.807, 2.05) is 14.0 Å². The van der Waals surface area contributed by atoms with Crippen LogP contribution in [0.1, 0.15) is 40.0 Å². The third-order valence-electron chi connectivity index (χ3n) is 2.45. The lowest BCUT2D eigenvalue weighted by molar-refractivity contribution is -0.125. The molecule has 0 aliphatic heterocycles. The summed E-state index contributed by atoms with van der Waals surface area (Å²) in [7, 11) is 2.01. The summed E-state index contributed by atoms with van der Waals surface area (Å²) < 4.78 is 0. The van der Waals surface area contributed by atoms with Gasteiger partial charge in [-0.3, -0.25) is 9.69 Å². The SMILES string of the molecule is CCCCN(C)C(C)C(=O)NCCC. The van der Waals surface area contributed by atoms with Gasteiger partial charge < -0.3 is 5.32 Å². The average molecular weight is 200 g/mol. The molecule has 0 rings (SSSR count). The van der Waals surface area contributed by atoms with Gasteiger partial charge in [0.1, 0.15) is 0 Å². The smallest absolute Gasteiger partial charge is 0.237 e. The molecule has 1 N–H and O–H groups in total. The molecule has 0 spiro atoms. The van der Waals surface area contributed by atoms with E-state index in [0.29, 0.717) is 0 Å². The normalized spacial score (nSPS) is 12.9. The van der Waals surface area contributed by atoms with E-state index in [1.54, 1.807) is 0 Å². The van der Waals surface area contributed by atoms with Gasteiger partial charge in [0, 0.05) is 6.54 Å². The molecule has 0 aromatic carbocycles. The second-order valence-electron chi connectivity index (χ2n) is 3.80. The molecule has 1 amide bonds. The Hall–Kier alpha value is -0.570. The van der Waals surface area contributed by atoms with Crippen molar-refractivity contribution >= 4 is 5.91 Å². The molecule has 1 atom stereocenters. The number of unbranched alkanes of at least 4 members (excludes halogenated alkanes) is 1. The molecule has 0 aromatic heterocycles. The Labute approximate surface area is 87.9 Å². The number of nitrogens with zero attached hydrogens (tertiary/aromatic N) is 1. The van der Waals surface area contributed by atoms with Gasteiger partial charge in [0.2, 0.25) is 5.91 Å². The molecule has 14 heavy (non-hydrogen) atoms. The largest absolute Gasteiger partial charge is 0.355 e. The van der Waals surface area contributed by atoms with Crippen LogP contribution in [-0.4, -0.2) is 37.0 Å². The van der Waals surface area contributed by atoms with E-state index in [2.05, 4.69) is 24.1 Å². The zero-order valence-corrected chi connectivity index (χ0v) is 9.97. The fourth-order valence-corrected chi connectivity index (χ4v) is 1.20. The molecule has 84 valence electrons. The highest BCUT2D eigenvalue weighted by atomic mass is 16.2. The fourth-order valence-electron chi connectivity index (χ4n) is 1.20. The molecule has 0 radical (unpaired) electrons. The van der Waals surface area contributed by atoms with E-state index < -0.39 is 0 Å². The van der Waals surface area contributed by atoms with Crippen LogP contribution in [0.15, 0.2) is 0 Å². The second-order valence-corrected chi connectivity index (χ2v) is 3.80. The summed E-state index contributed by atoms with van der Waals surface area (Å²) in [6.07, 6.45) is 3.33. The number of amides is 1. The van der Waals surface area contributed by atoms with Crippen LogP contribution in [0.3, 0.4) is 0 Å². The van der Waals surface area contributed by atoms with Crippen molar-refractivity contribution < 1.29 is 4.79 Å². The van der Waals surface area contributed by atoms with Gasteiger partial charge in [0.25, 0.3) is 0 Å². The topological polar surface area (TPSA) is 32.3 Å². The van der Waals surface area contributed by atoms with Crippen molar-refractivity contribution in [1.82, 2.24) is 10.2 Å². The average Bonchev–Trinajstić information content (AvgIpc) is 2.21. The van der Waals surface area contributed by atoms with Crippen molar-refractivity contribution in [3.8, 4) is 0 Å². The van der Waals surface area contributed by atoms with E-state index in [4.69, 9.17) is 0 Å². The van der Waals surface area contributed by atoms with Crippen molar-refractivity contribution in [3.63, 3.8) is 0 Å². The minimum Gasteiger partial charge on any atom is -0.355 e. The number of nitrogens with one attached hydrogen (secondary N) is 1. The monoisotopic (exact) mass is 200 g/mol. The summed E-state index contributed by atoms with van der Waals surface area (Å²) in [6.45, 7) is 7.96. The first-order valence-electron chi connectivity index (χ1n) is 5.61. The van der Waals surface area contributed by atoms with Gasteiger partial charge in [0.05, 0.1) is 6.04 Å². The predicted octanol–water partition coefficient (Wildman–Crippen LogP) is 1.63. The third kappa shape index (κ3) is 5.22. The molecule has 0 saturated heterocycles. The summed E-state index contributed by atoms with van der Waals surface area (Å²) in [6, 6.07) is -0.00639. The maximum absolute atomic E-state index is 11.6. The number of rotatable bonds is 7. The quantitative estimate of drug-likeness (QED) is 0.677. The predicted molar refractivity (Wildman–Crippen MR) is 60.3 cm³/mol. The Balaban J connectivity index is 3.78. The van der Waals surface area contributed by atoms with Gasteiger partial charge in [-0.1, -0.05) is 20.3 Å². The molecular formula is C11H24N2O. The molecule has 0 fully saturated rings. The van der Waals surface area contributed by atoms with Crippen LogP contribution in [0.2, 0.25) is 0 Å². The number of hydrogen-bond donors (Lipinski definition) is 1. The fraction of sp³-hybridized carbons (Fsp3) is 0.909. The zero-order valence-electron chi connectivity index (χ0n) is 9.97. The van der Waals surface area contributed by atoms with Crippen LogP contribution in [-0.2, 0) is 4.79 Å². The highest BCUT2D eigenvalue weighted by Crippen LogP contribution is 1.98. The Kier molecular flexibility index (Phi) is 7.48. The standard InChI is InChI=1S/C11H24N2O/c1-5-7-9-13(4)10(3)11(14)12-8-6-2/h10H,5-9H2,1-4H3,(H,12,14). The van der Waals surface area contributed by atoms with E-state index in [-0.39, 0.29) is 11.9 Å². The van der Waals surface area contributed by atoms with Crippen LogP contribution in [0, 0.1) is 0 Å². The van der Waals surface area contributed by atoms with Crippen molar-refractivity contribution in [2.45, 2.75) is 46.1 Å². The lowest BCUT2D eigenvalue weighted by Crippen LogP contribution is -2.43. The first-order valence-corrected chi connectivity index (χ1v) is 5.61. The lowest BCUT2D eigenvalue weighted by Gasteiger charge is -2.23. The Morgan fingerprint density at radius 3 is 2.50 bits per heavy atom. The van der Waals surface area contributed by atoms with Gasteiger partial charge in [-0.15, -0.1) is 0 Å².